The number of thiophene rings is 1. The Kier molecular flexibility index (Phi) is 7.04. The van der Waals surface area contributed by atoms with Gasteiger partial charge in [0.25, 0.3) is 11.8 Å². The molecular formula is C27H24N2O4S. The lowest BCUT2D eigenvalue weighted by Crippen LogP contribution is -2.32. The lowest BCUT2D eigenvalue weighted by Gasteiger charge is -2.20. The van der Waals surface area contributed by atoms with Gasteiger partial charge in [-0.05, 0) is 46.8 Å². The zero-order valence-electron chi connectivity index (χ0n) is 18.9. The highest BCUT2D eigenvalue weighted by Crippen LogP contribution is 2.25. The number of fused-ring (bicyclic) bond motifs is 1. The predicted octanol–water partition coefficient (Wildman–Crippen LogP) is 5.21. The fraction of sp³-hybridized carbons (Fsp3) is 0.148. The standard InChI is InChI=1S/C27H24N2O4S/c1-18(20-13-7-10-19-9-3-4-11-21(19)20)28-25(30)17-33-27(32)22-12-5-6-14-23(22)29(2)26(31)24-15-8-16-34-24/h3-16,18H,17H2,1-2H3,(H,28,30). The van der Waals surface area contributed by atoms with E-state index < -0.39 is 18.5 Å². The summed E-state index contributed by atoms with van der Waals surface area (Å²) in [5.41, 5.74) is 1.61. The van der Waals surface area contributed by atoms with Crippen LogP contribution in [0.3, 0.4) is 0 Å². The maximum atomic E-state index is 12.8. The molecule has 0 aliphatic heterocycles. The van der Waals surface area contributed by atoms with Crippen molar-refractivity contribution in [3.8, 4) is 0 Å². The number of hydrogen-bond donors (Lipinski definition) is 1. The first kappa shape index (κ1) is 23.2. The summed E-state index contributed by atoms with van der Waals surface area (Å²) >= 11 is 1.33. The number of para-hydroxylation sites is 1. The van der Waals surface area contributed by atoms with E-state index >= 15 is 0 Å². The third-order valence-corrected chi connectivity index (χ3v) is 6.38. The molecular weight excluding hydrogens is 448 g/mol. The Morgan fingerprint density at radius 1 is 0.941 bits per heavy atom. The number of carbonyl (C=O) groups excluding carboxylic acids is 3. The second-order valence-corrected chi connectivity index (χ2v) is 8.74. The molecule has 0 saturated carbocycles. The van der Waals surface area contributed by atoms with Crippen molar-refractivity contribution in [1.82, 2.24) is 5.32 Å². The monoisotopic (exact) mass is 472 g/mol. The van der Waals surface area contributed by atoms with E-state index in [4.69, 9.17) is 4.74 Å². The normalized spacial score (nSPS) is 11.6. The summed E-state index contributed by atoms with van der Waals surface area (Å²) in [6.45, 7) is 1.47. The Morgan fingerprint density at radius 2 is 1.68 bits per heavy atom. The number of nitrogens with one attached hydrogen (secondary N) is 1. The van der Waals surface area contributed by atoms with Crippen molar-refractivity contribution in [2.24, 2.45) is 0 Å². The quantitative estimate of drug-likeness (QED) is 0.375. The minimum absolute atomic E-state index is 0.213. The summed E-state index contributed by atoms with van der Waals surface area (Å²) in [4.78, 5) is 40.0. The van der Waals surface area contributed by atoms with Gasteiger partial charge in [-0.15, -0.1) is 11.3 Å². The van der Waals surface area contributed by atoms with Crippen molar-refractivity contribution in [2.45, 2.75) is 13.0 Å². The minimum Gasteiger partial charge on any atom is -0.452 e. The van der Waals surface area contributed by atoms with Gasteiger partial charge in [-0.25, -0.2) is 4.79 Å². The van der Waals surface area contributed by atoms with Crippen molar-refractivity contribution >= 4 is 45.6 Å². The van der Waals surface area contributed by atoms with E-state index in [1.165, 1.54) is 16.2 Å². The predicted molar refractivity (Wildman–Crippen MR) is 134 cm³/mol. The number of ether oxygens (including phenoxy) is 1. The van der Waals surface area contributed by atoms with Gasteiger partial charge in [0.05, 0.1) is 22.2 Å². The molecule has 0 spiro atoms. The summed E-state index contributed by atoms with van der Waals surface area (Å²) in [5.74, 6) is -1.31. The fourth-order valence-electron chi connectivity index (χ4n) is 3.81. The molecule has 7 heteroatoms. The number of rotatable bonds is 7. The molecule has 3 aromatic carbocycles. The number of benzene rings is 3. The van der Waals surface area contributed by atoms with Crippen LogP contribution in [0.1, 0.15) is 38.6 Å². The van der Waals surface area contributed by atoms with E-state index in [9.17, 15) is 14.4 Å². The van der Waals surface area contributed by atoms with E-state index in [1.54, 1.807) is 43.4 Å². The Labute approximate surface area is 201 Å². The molecule has 0 radical (unpaired) electrons. The first-order valence-corrected chi connectivity index (χ1v) is 11.7. The molecule has 4 aromatic rings. The van der Waals surface area contributed by atoms with Crippen LogP contribution in [0.15, 0.2) is 84.2 Å². The topological polar surface area (TPSA) is 75.7 Å². The van der Waals surface area contributed by atoms with E-state index in [0.717, 1.165) is 16.3 Å². The van der Waals surface area contributed by atoms with Crippen LogP contribution in [-0.4, -0.2) is 31.4 Å². The highest BCUT2D eigenvalue weighted by atomic mass is 32.1. The smallest absolute Gasteiger partial charge is 0.340 e. The number of esters is 1. The number of anilines is 1. The van der Waals surface area contributed by atoms with Crippen molar-refractivity contribution in [3.63, 3.8) is 0 Å². The molecule has 1 heterocycles. The zero-order valence-corrected chi connectivity index (χ0v) is 19.7. The van der Waals surface area contributed by atoms with Gasteiger partial charge >= 0.3 is 5.97 Å². The summed E-state index contributed by atoms with van der Waals surface area (Å²) in [7, 11) is 1.60. The highest BCUT2D eigenvalue weighted by molar-refractivity contribution is 7.12. The molecule has 172 valence electrons. The van der Waals surface area contributed by atoms with E-state index in [-0.39, 0.29) is 17.5 Å². The Hall–Kier alpha value is -3.97. The molecule has 4 rings (SSSR count). The summed E-state index contributed by atoms with van der Waals surface area (Å²) in [6.07, 6.45) is 0. The molecule has 1 atom stereocenters. The summed E-state index contributed by atoms with van der Waals surface area (Å²) in [6, 6.07) is 23.8. The van der Waals surface area contributed by atoms with Crippen LogP contribution in [-0.2, 0) is 9.53 Å². The van der Waals surface area contributed by atoms with Crippen LogP contribution in [0.4, 0.5) is 5.69 Å². The Morgan fingerprint density at radius 3 is 2.47 bits per heavy atom. The third-order valence-electron chi connectivity index (χ3n) is 5.52. The van der Waals surface area contributed by atoms with Crippen molar-refractivity contribution in [1.29, 1.82) is 0 Å². The highest BCUT2D eigenvalue weighted by Gasteiger charge is 2.22. The lowest BCUT2D eigenvalue weighted by molar-refractivity contribution is -0.124. The molecule has 0 bridgehead atoms. The largest absolute Gasteiger partial charge is 0.452 e. The average Bonchev–Trinajstić information content (AvgIpc) is 3.41. The maximum absolute atomic E-state index is 12.8. The molecule has 0 fully saturated rings. The number of amides is 2. The number of carbonyl (C=O) groups is 3. The van der Waals surface area contributed by atoms with Gasteiger partial charge in [0.1, 0.15) is 0 Å². The summed E-state index contributed by atoms with van der Waals surface area (Å²) in [5, 5.41) is 6.85. The molecule has 0 saturated heterocycles. The second kappa shape index (κ2) is 10.3. The second-order valence-electron chi connectivity index (χ2n) is 7.79. The first-order valence-electron chi connectivity index (χ1n) is 10.8. The van der Waals surface area contributed by atoms with Crippen LogP contribution in [0, 0.1) is 0 Å². The van der Waals surface area contributed by atoms with Gasteiger partial charge in [-0.3, -0.25) is 9.59 Å². The molecule has 1 N–H and O–H groups in total. The Bertz CT molecular complexity index is 1330. The van der Waals surface area contributed by atoms with E-state index in [1.807, 2.05) is 54.8 Å². The van der Waals surface area contributed by atoms with Gasteiger partial charge in [0.15, 0.2) is 6.61 Å². The SMILES string of the molecule is CC(NC(=O)COC(=O)c1ccccc1N(C)C(=O)c1cccs1)c1cccc2ccccc12. The van der Waals surface area contributed by atoms with Crippen LogP contribution in [0.2, 0.25) is 0 Å². The molecule has 0 aliphatic carbocycles. The van der Waals surface area contributed by atoms with Crippen molar-refractivity contribution in [3.05, 3.63) is 100 Å². The van der Waals surface area contributed by atoms with Gasteiger partial charge in [-0.1, -0.05) is 60.7 Å². The fourth-order valence-corrected chi connectivity index (χ4v) is 4.51. The number of nitrogens with zero attached hydrogens (tertiary/aromatic N) is 1. The van der Waals surface area contributed by atoms with Gasteiger partial charge in [0, 0.05) is 7.05 Å². The lowest BCUT2D eigenvalue weighted by atomic mass is 10.00. The van der Waals surface area contributed by atoms with Crippen LogP contribution >= 0.6 is 11.3 Å². The minimum atomic E-state index is -0.672. The van der Waals surface area contributed by atoms with Crippen LogP contribution < -0.4 is 10.2 Å². The van der Waals surface area contributed by atoms with Crippen molar-refractivity contribution in [2.75, 3.05) is 18.6 Å². The zero-order chi connectivity index (χ0) is 24.1. The first-order chi connectivity index (χ1) is 16.5. The van der Waals surface area contributed by atoms with E-state index in [0.29, 0.717) is 10.6 Å². The average molecular weight is 473 g/mol. The molecule has 6 nitrogen and oxygen atoms in total. The third kappa shape index (κ3) is 5.00. The van der Waals surface area contributed by atoms with Crippen LogP contribution in [0.5, 0.6) is 0 Å². The van der Waals surface area contributed by atoms with Gasteiger partial charge in [-0.2, -0.15) is 0 Å². The van der Waals surface area contributed by atoms with Gasteiger partial charge < -0.3 is 15.0 Å². The molecule has 34 heavy (non-hydrogen) atoms. The Balaban J connectivity index is 1.41. The summed E-state index contributed by atoms with van der Waals surface area (Å²) < 4.78 is 5.29. The number of hydrogen-bond acceptors (Lipinski definition) is 5. The molecule has 2 amide bonds. The van der Waals surface area contributed by atoms with E-state index in [2.05, 4.69) is 5.32 Å². The van der Waals surface area contributed by atoms with Crippen molar-refractivity contribution < 1.29 is 19.1 Å². The molecule has 0 aliphatic rings. The van der Waals surface area contributed by atoms with Crippen LogP contribution in [0.25, 0.3) is 10.8 Å². The molecule has 1 unspecified atom stereocenters. The molecule has 1 aromatic heterocycles. The maximum Gasteiger partial charge on any atom is 0.340 e. The van der Waals surface area contributed by atoms with Gasteiger partial charge in [0.2, 0.25) is 0 Å².